The van der Waals surface area contributed by atoms with Gasteiger partial charge >= 0.3 is 0 Å². The fraction of sp³-hybridized carbons (Fsp3) is 0.0435. The quantitative estimate of drug-likeness (QED) is 0.201. The van der Waals surface area contributed by atoms with Gasteiger partial charge in [0.25, 0.3) is 0 Å². The van der Waals surface area contributed by atoms with Gasteiger partial charge in [-0.05, 0) is 51.2 Å². The third-order valence-electron chi connectivity index (χ3n) is 10.1. The predicted octanol–water partition coefficient (Wildman–Crippen LogP) is 11.6. The Morgan fingerprint density at radius 2 is 0.980 bits per heavy atom. The first-order chi connectivity index (χ1) is 24.7. The zero-order chi connectivity index (χ0) is 33.0. The maximum Gasteiger partial charge on any atom is 0.0947 e. The molecule has 2 aromatic heterocycles. The monoisotopic (exact) mass is 640 g/mol. The van der Waals surface area contributed by atoms with Crippen LogP contribution in [0.5, 0.6) is 0 Å². The number of nitrogens with zero attached hydrogens (tertiary/aromatic N) is 2. The first-order valence-electron chi connectivity index (χ1n) is 17.2. The SMILES string of the molecule is C1=CC(c2ccc3cccc(C4C=Cc5ccc6ccc(-c7ccccc7)nc6c5N4)c3c2)Nc2c1ccc1ccc(-c3ccccc3)nc21. The smallest absolute Gasteiger partial charge is 0.0947 e. The molecule has 2 N–H and O–H groups in total. The number of hydrogen-bond donors (Lipinski definition) is 2. The molecule has 2 aliphatic heterocycles. The number of hydrogen-bond acceptors (Lipinski definition) is 4. The van der Waals surface area contributed by atoms with Gasteiger partial charge in [-0.1, -0.05) is 152 Å². The van der Waals surface area contributed by atoms with Crippen LogP contribution in [0.15, 0.2) is 158 Å². The molecule has 0 saturated heterocycles. The fourth-order valence-corrected chi connectivity index (χ4v) is 7.49. The Bertz CT molecular complexity index is 2660. The molecule has 0 bridgehead atoms. The van der Waals surface area contributed by atoms with Crippen LogP contribution in [0.1, 0.15) is 34.3 Å². The molecule has 236 valence electrons. The van der Waals surface area contributed by atoms with Gasteiger partial charge in [0.2, 0.25) is 0 Å². The van der Waals surface area contributed by atoms with Gasteiger partial charge in [-0.2, -0.15) is 0 Å². The Hall–Kier alpha value is -6.52. The van der Waals surface area contributed by atoms with E-state index in [4.69, 9.17) is 9.97 Å². The van der Waals surface area contributed by atoms with Crippen molar-refractivity contribution in [3.05, 3.63) is 180 Å². The van der Waals surface area contributed by atoms with E-state index in [1.807, 2.05) is 12.1 Å². The Balaban J connectivity index is 1.01. The van der Waals surface area contributed by atoms with Crippen molar-refractivity contribution in [3.8, 4) is 22.5 Å². The van der Waals surface area contributed by atoms with E-state index in [0.717, 1.165) is 66.8 Å². The topological polar surface area (TPSA) is 49.8 Å². The van der Waals surface area contributed by atoms with Crippen molar-refractivity contribution < 1.29 is 0 Å². The molecule has 4 heteroatoms. The van der Waals surface area contributed by atoms with E-state index < -0.39 is 0 Å². The maximum absolute atomic E-state index is 5.17. The lowest BCUT2D eigenvalue weighted by Crippen LogP contribution is -2.14. The van der Waals surface area contributed by atoms with E-state index in [9.17, 15) is 0 Å². The normalized spacial score (nSPS) is 16.2. The van der Waals surface area contributed by atoms with Crippen molar-refractivity contribution in [1.29, 1.82) is 0 Å². The highest BCUT2D eigenvalue weighted by Gasteiger charge is 2.22. The van der Waals surface area contributed by atoms with Crippen LogP contribution in [0.3, 0.4) is 0 Å². The summed E-state index contributed by atoms with van der Waals surface area (Å²) in [6, 6.07) is 51.5. The van der Waals surface area contributed by atoms with Crippen molar-refractivity contribution in [2.24, 2.45) is 0 Å². The number of aromatic nitrogens is 2. The summed E-state index contributed by atoms with van der Waals surface area (Å²) in [5.74, 6) is 0. The number of pyridine rings is 2. The molecule has 2 unspecified atom stereocenters. The van der Waals surface area contributed by atoms with Gasteiger partial charge in [-0.3, -0.25) is 0 Å². The molecule has 0 radical (unpaired) electrons. The summed E-state index contributed by atoms with van der Waals surface area (Å²) < 4.78 is 0. The second-order valence-electron chi connectivity index (χ2n) is 13.1. The van der Waals surface area contributed by atoms with Crippen molar-refractivity contribution in [2.75, 3.05) is 10.6 Å². The summed E-state index contributed by atoms with van der Waals surface area (Å²) in [5, 5.41) is 12.5. The number of anilines is 2. The highest BCUT2D eigenvalue weighted by atomic mass is 15.0. The molecule has 50 heavy (non-hydrogen) atoms. The van der Waals surface area contributed by atoms with Gasteiger partial charge in [0.15, 0.2) is 0 Å². The van der Waals surface area contributed by atoms with Crippen molar-refractivity contribution in [1.82, 2.24) is 9.97 Å². The molecule has 0 saturated carbocycles. The van der Waals surface area contributed by atoms with Crippen molar-refractivity contribution in [3.63, 3.8) is 0 Å². The second-order valence-corrected chi connectivity index (χ2v) is 13.1. The molecular formula is C46H32N4. The van der Waals surface area contributed by atoms with Crippen LogP contribution in [0.2, 0.25) is 0 Å². The molecule has 2 aliphatic rings. The highest BCUT2D eigenvalue weighted by molar-refractivity contribution is 5.99. The Labute approximate surface area is 290 Å². The van der Waals surface area contributed by atoms with Gasteiger partial charge in [-0.25, -0.2) is 9.97 Å². The van der Waals surface area contributed by atoms with Crippen LogP contribution in [0.4, 0.5) is 11.4 Å². The highest BCUT2D eigenvalue weighted by Crippen LogP contribution is 2.40. The van der Waals surface area contributed by atoms with E-state index >= 15 is 0 Å². The zero-order valence-corrected chi connectivity index (χ0v) is 27.2. The largest absolute Gasteiger partial charge is 0.372 e. The van der Waals surface area contributed by atoms with Gasteiger partial charge < -0.3 is 10.6 Å². The van der Waals surface area contributed by atoms with E-state index in [1.165, 1.54) is 21.9 Å². The average molecular weight is 641 g/mol. The lowest BCUT2D eigenvalue weighted by Gasteiger charge is -2.26. The molecule has 0 spiro atoms. The second kappa shape index (κ2) is 11.6. The Morgan fingerprint density at radius 3 is 1.60 bits per heavy atom. The first kappa shape index (κ1) is 28.5. The van der Waals surface area contributed by atoms with Crippen molar-refractivity contribution in [2.45, 2.75) is 12.1 Å². The standard InChI is InChI=1S/C46H32N4/c1-3-8-30(9-4-1)39-24-20-32-15-16-34-22-26-41(49-44(34)43(32)47-39)36-19-14-29-12-7-13-37(38(29)28-36)42-27-23-35-18-17-33-21-25-40(31-10-5-2-6-11-31)48-45(33)46(35)50-42/h1-28,41-42,49-50H. The zero-order valence-electron chi connectivity index (χ0n) is 27.2. The number of benzene rings is 6. The minimum atomic E-state index is -0.00522. The number of rotatable bonds is 4. The fourth-order valence-electron chi connectivity index (χ4n) is 7.49. The maximum atomic E-state index is 5.17. The van der Waals surface area contributed by atoms with Crippen LogP contribution in [-0.2, 0) is 0 Å². The lowest BCUT2D eigenvalue weighted by molar-refractivity contribution is 0.976. The molecule has 0 fully saturated rings. The molecule has 8 aromatic rings. The first-order valence-corrected chi connectivity index (χ1v) is 17.2. The van der Waals surface area contributed by atoms with E-state index in [0.29, 0.717) is 0 Å². The number of fused-ring (bicyclic) bond motifs is 7. The van der Waals surface area contributed by atoms with E-state index in [-0.39, 0.29) is 12.1 Å². The summed E-state index contributed by atoms with van der Waals surface area (Å²) in [4.78, 5) is 10.3. The third-order valence-corrected chi connectivity index (χ3v) is 10.1. The molecule has 6 aromatic carbocycles. The van der Waals surface area contributed by atoms with Crippen molar-refractivity contribution >= 4 is 56.1 Å². The molecule has 4 nitrogen and oxygen atoms in total. The minimum absolute atomic E-state index is 0.00522. The van der Waals surface area contributed by atoms with Gasteiger partial charge in [0, 0.05) is 21.9 Å². The minimum Gasteiger partial charge on any atom is -0.372 e. The summed E-state index contributed by atoms with van der Waals surface area (Å²) >= 11 is 0. The summed E-state index contributed by atoms with van der Waals surface area (Å²) in [6.07, 6.45) is 9.00. The van der Waals surface area contributed by atoms with Gasteiger partial charge in [0.05, 0.1) is 45.9 Å². The van der Waals surface area contributed by atoms with Gasteiger partial charge in [0.1, 0.15) is 0 Å². The number of nitrogens with one attached hydrogen (secondary N) is 2. The average Bonchev–Trinajstić information content (AvgIpc) is 3.20. The molecular weight excluding hydrogens is 609 g/mol. The molecule has 0 aliphatic carbocycles. The van der Waals surface area contributed by atoms with Crippen LogP contribution >= 0.6 is 0 Å². The van der Waals surface area contributed by atoms with Crippen LogP contribution in [-0.4, -0.2) is 9.97 Å². The molecule has 4 heterocycles. The van der Waals surface area contributed by atoms with E-state index in [2.05, 4.69) is 168 Å². The van der Waals surface area contributed by atoms with Crippen LogP contribution < -0.4 is 10.6 Å². The Morgan fingerprint density at radius 1 is 0.440 bits per heavy atom. The summed E-state index contributed by atoms with van der Waals surface area (Å²) in [7, 11) is 0. The summed E-state index contributed by atoms with van der Waals surface area (Å²) in [6.45, 7) is 0. The molecule has 10 rings (SSSR count). The molecule has 2 atom stereocenters. The lowest BCUT2D eigenvalue weighted by atomic mass is 9.91. The van der Waals surface area contributed by atoms with Crippen LogP contribution in [0.25, 0.3) is 67.2 Å². The van der Waals surface area contributed by atoms with E-state index in [1.54, 1.807) is 0 Å². The third kappa shape index (κ3) is 4.84. The molecule has 0 amide bonds. The van der Waals surface area contributed by atoms with Crippen LogP contribution in [0, 0.1) is 0 Å². The Kier molecular flexibility index (Phi) is 6.59. The van der Waals surface area contributed by atoms with Gasteiger partial charge in [-0.15, -0.1) is 0 Å². The predicted molar refractivity (Wildman–Crippen MR) is 209 cm³/mol. The summed E-state index contributed by atoms with van der Waals surface area (Å²) in [5.41, 5.74) is 13.1.